The summed E-state index contributed by atoms with van der Waals surface area (Å²) in [5, 5.41) is 5.92. The number of carbonyl (C=O) groups is 2. The normalized spacial score (nSPS) is 21.9. The van der Waals surface area contributed by atoms with Crippen LogP contribution in [0.5, 0.6) is 0 Å². The monoisotopic (exact) mass is 487 g/mol. The minimum atomic E-state index is -4.81. The maximum Gasteiger partial charge on any atom is 0.452 e. The van der Waals surface area contributed by atoms with Crippen LogP contribution in [-0.4, -0.2) is 47.7 Å². The lowest BCUT2D eigenvalue weighted by molar-refractivity contribution is -0.155. The SMILES string of the molecule is Cc1cc(F)c([C@H](NC(=O)[C@H]2C[C@@H](C)CN2C(=O)c2cc(C(F)(F)F)on2)C2COC2)cc1F. The minimum absolute atomic E-state index is 0.0417. The van der Waals surface area contributed by atoms with Crippen LogP contribution in [0, 0.1) is 30.4 Å². The predicted molar refractivity (Wildman–Crippen MR) is 106 cm³/mol. The molecule has 184 valence electrons. The second kappa shape index (κ2) is 8.97. The smallest absolute Gasteiger partial charge is 0.381 e. The van der Waals surface area contributed by atoms with E-state index in [4.69, 9.17) is 4.74 Å². The van der Waals surface area contributed by atoms with Crippen molar-refractivity contribution in [1.82, 2.24) is 15.4 Å². The zero-order valence-corrected chi connectivity index (χ0v) is 18.3. The number of hydrogen-bond donors (Lipinski definition) is 1. The molecule has 2 saturated heterocycles. The van der Waals surface area contributed by atoms with Gasteiger partial charge in [-0.1, -0.05) is 12.1 Å². The van der Waals surface area contributed by atoms with E-state index >= 15 is 0 Å². The highest BCUT2D eigenvalue weighted by molar-refractivity contribution is 5.96. The Morgan fingerprint density at radius 3 is 2.47 bits per heavy atom. The summed E-state index contributed by atoms with van der Waals surface area (Å²) in [6.07, 6.45) is -4.58. The Bertz CT molecular complexity index is 1100. The van der Waals surface area contributed by atoms with Crippen molar-refractivity contribution in [2.75, 3.05) is 19.8 Å². The fourth-order valence-electron chi connectivity index (χ4n) is 4.22. The number of benzene rings is 1. The van der Waals surface area contributed by atoms with Crippen LogP contribution in [0.15, 0.2) is 22.7 Å². The summed E-state index contributed by atoms with van der Waals surface area (Å²) in [6.45, 7) is 3.75. The fourth-order valence-corrected chi connectivity index (χ4v) is 4.22. The largest absolute Gasteiger partial charge is 0.452 e. The molecular formula is C22H22F5N3O4. The van der Waals surface area contributed by atoms with Crippen molar-refractivity contribution >= 4 is 11.8 Å². The van der Waals surface area contributed by atoms with Gasteiger partial charge in [-0.3, -0.25) is 9.59 Å². The zero-order chi connectivity index (χ0) is 24.8. The Morgan fingerprint density at radius 2 is 1.88 bits per heavy atom. The topological polar surface area (TPSA) is 84.7 Å². The molecule has 0 unspecified atom stereocenters. The fraction of sp³-hybridized carbons (Fsp3) is 0.500. The number of ether oxygens (including phenoxy) is 1. The summed E-state index contributed by atoms with van der Waals surface area (Å²) >= 11 is 0. The van der Waals surface area contributed by atoms with Crippen molar-refractivity contribution in [1.29, 1.82) is 0 Å². The molecule has 0 saturated carbocycles. The molecule has 0 bridgehead atoms. The Kier molecular flexibility index (Phi) is 6.36. The van der Waals surface area contributed by atoms with Crippen molar-refractivity contribution in [3.05, 3.63) is 52.4 Å². The van der Waals surface area contributed by atoms with Crippen LogP contribution < -0.4 is 5.32 Å². The third-order valence-corrected chi connectivity index (χ3v) is 6.13. The molecule has 0 radical (unpaired) electrons. The number of hydrogen-bond acceptors (Lipinski definition) is 5. The van der Waals surface area contributed by atoms with Gasteiger partial charge in [0.1, 0.15) is 17.7 Å². The summed E-state index contributed by atoms with van der Waals surface area (Å²) in [4.78, 5) is 27.2. The van der Waals surface area contributed by atoms with Crippen LogP contribution in [0.1, 0.15) is 46.8 Å². The van der Waals surface area contributed by atoms with E-state index in [0.29, 0.717) is 6.07 Å². The summed E-state index contributed by atoms with van der Waals surface area (Å²) < 4.78 is 76.7. The molecule has 2 aliphatic heterocycles. The first-order valence-electron chi connectivity index (χ1n) is 10.6. The van der Waals surface area contributed by atoms with Gasteiger partial charge in [0.15, 0.2) is 5.69 Å². The molecule has 2 amide bonds. The lowest BCUT2D eigenvalue weighted by Crippen LogP contribution is -2.50. The molecule has 3 heterocycles. The van der Waals surface area contributed by atoms with Gasteiger partial charge in [0, 0.05) is 24.1 Å². The van der Waals surface area contributed by atoms with Crippen molar-refractivity contribution < 1.29 is 40.8 Å². The third kappa shape index (κ3) is 4.63. The van der Waals surface area contributed by atoms with E-state index < -0.39 is 53.2 Å². The molecule has 0 spiro atoms. The van der Waals surface area contributed by atoms with E-state index in [2.05, 4.69) is 15.0 Å². The average Bonchev–Trinajstić information content (AvgIpc) is 3.35. The molecule has 7 nitrogen and oxygen atoms in total. The molecule has 2 fully saturated rings. The van der Waals surface area contributed by atoms with Gasteiger partial charge >= 0.3 is 6.18 Å². The highest BCUT2D eigenvalue weighted by atomic mass is 19.4. The molecule has 1 aromatic carbocycles. The first-order chi connectivity index (χ1) is 16.0. The van der Waals surface area contributed by atoms with Gasteiger partial charge in [-0.25, -0.2) is 8.78 Å². The van der Waals surface area contributed by atoms with Crippen molar-refractivity contribution in [2.45, 2.75) is 38.5 Å². The zero-order valence-electron chi connectivity index (χ0n) is 18.3. The molecule has 4 rings (SSSR count). The standard InChI is InChI=1S/C22H22F5N3O4/c1-10-3-17(30(7-10)21(32)16-6-18(34-29-16)22(25,26)27)20(31)28-19(12-8-33-9-12)13-5-14(23)11(2)4-15(13)24/h4-6,10,12,17,19H,3,7-9H2,1-2H3,(H,28,31)/t10-,17-,19-/m1/s1. The molecule has 2 aliphatic rings. The lowest BCUT2D eigenvalue weighted by atomic mass is 9.90. The number of likely N-dealkylation sites (tertiary alicyclic amines) is 1. The number of halogens is 5. The molecule has 12 heteroatoms. The lowest BCUT2D eigenvalue weighted by Gasteiger charge is -2.36. The Hall–Kier alpha value is -3.02. The Morgan fingerprint density at radius 1 is 1.18 bits per heavy atom. The maximum absolute atomic E-state index is 14.7. The van der Waals surface area contributed by atoms with Gasteiger partial charge in [0.05, 0.1) is 19.3 Å². The van der Waals surface area contributed by atoms with E-state index in [1.54, 1.807) is 6.92 Å². The summed E-state index contributed by atoms with van der Waals surface area (Å²) in [6, 6.07) is 0.615. The number of rotatable bonds is 5. The van der Waals surface area contributed by atoms with Gasteiger partial charge < -0.3 is 19.5 Å². The first-order valence-corrected chi connectivity index (χ1v) is 10.6. The average molecular weight is 487 g/mol. The quantitative estimate of drug-likeness (QED) is 0.652. The number of aryl methyl sites for hydroxylation is 1. The van der Waals surface area contributed by atoms with Crippen LogP contribution in [0.25, 0.3) is 0 Å². The van der Waals surface area contributed by atoms with Gasteiger partial charge in [0.25, 0.3) is 5.91 Å². The van der Waals surface area contributed by atoms with E-state index in [-0.39, 0.29) is 49.1 Å². The number of nitrogens with one attached hydrogen (secondary N) is 1. The van der Waals surface area contributed by atoms with Crippen LogP contribution >= 0.6 is 0 Å². The molecule has 1 N–H and O–H groups in total. The second-order valence-electron chi connectivity index (χ2n) is 8.80. The van der Waals surface area contributed by atoms with Crippen LogP contribution in [0.3, 0.4) is 0 Å². The van der Waals surface area contributed by atoms with E-state index in [0.717, 1.165) is 17.0 Å². The summed E-state index contributed by atoms with van der Waals surface area (Å²) in [5.74, 6) is -4.71. The highest BCUT2D eigenvalue weighted by Gasteiger charge is 2.43. The van der Waals surface area contributed by atoms with Crippen molar-refractivity contribution in [3.8, 4) is 0 Å². The first kappa shape index (κ1) is 24.1. The van der Waals surface area contributed by atoms with Crippen molar-refractivity contribution in [3.63, 3.8) is 0 Å². The summed E-state index contributed by atoms with van der Waals surface area (Å²) in [5.41, 5.74) is -0.502. The predicted octanol–water partition coefficient (Wildman–Crippen LogP) is 3.63. The van der Waals surface area contributed by atoms with Crippen molar-refractivity contribution in [2.24, 2.45) is 11.8 Å². The second-order valence-corrected chi connectivity index (χ2v) is 8.80. The Labute approximate surface area is 191 Å². The van der Waals surface area contributed by atoms with E-state index in [1.807, 2.05) is 0 Å². The van der Waals surface area contributed by atoms with Gasteiger partial charge in [0.2, 0.25) is 11.7 Å². The molecule has 1 aromatic heterocycles. The summed E-state index contributed by atoms with van der Waals surface area (Å²) in [7, 11) is 0. The van der Waals surface area contributed by atoms with Gasteiger partial charge in [-0.2, -0.15) is 13.2 Å². The molecular weight excluding hydrogens is 465 g/mol. The number of aromatic nitrogens is 1. The number of carbonyl (C=O) groups excluding carboxylic acids is 2. The van der Waals surface area contributed by atoms with Crippen LogP contribution in [0.4, 0.5) is 22.0 Å². The molecule has 2 aromatic rings. The maximum atomic E-state index is 14.7. The van der Waals surface area contributed by atoms with Crippen LogP contribution in [-0.2, 0) is 15.7 Å². The number of amides is 2. The molecule has 34 heavy (non-hydrogen) atoms. The number of alkyl halides is 3. The number of nitrogens with zero attached hydrogens (tertiary/aromatic N) is 2. The van der Waals surface area contributed by atoms with E-state index in [1.165, 1.54) is 6.92 Å². The highest BCUT2D eigenvalue weighted by Crippen LogP contribution is 2.34. The third-order valence-electron chi connectivity index (χ3n) is 6.13. The van der Waals surface area contributed by atoms with Gasteiger partial charge in [-0.05, 0) is 37.0 Å². The van der Waals surface area contributed by atoms with Gasteiger partial charge in [-0.15, -0.1) is 0 Å². The van der Waals surface area contributed by atoms with E-state index in [9.17, 15) is 31.5 Å². The molecule has 3 atom stereocenters. The van der Waals surface area contributed by atoms with Crippen LogP contribution in [0.2, 0.25) is 0 Å². The Balaban J connectivity index is 1.57. The molecule has 0 aliphatic carbocycles. The minimum Gasteiger partial charge on any atom is -0.381 e.